The van der Waals surface area contributed by atoms with E-state index in [4.69, 9.17) is 11.6 Å². The van der Waals surface area contributed by atoms with Gasteiger partial charge in [-0.2, -0.15) is 0 Å². The number of imidazole rings is 1. The topological polar surface area (TPSA) is 27.1 Å². The molecule has 6 rings (SSSR count). The molecule has 4 heteroatoms. The van der Waals surface area contributed by atoms with Crippen LogP contribution < -0.4 is 0 Å². The Labute approximate surface area is 216 Å². The van der Waals surface area contributed by atoms with Crippen LogP contribution in [-0.4, -0.2) is 14.1 Å². The normalized spacial score (nSPS) is 10.8. The highest BCUT2D eigenvalue weighted by atomic mass is 15.1. The molecule has 0 unspecified atom stereocenters. The van der Waals surface area contributed by atoms with Crippen molar-refractivity contribution in [1.82, 2.24) is 14.1 Å². The first kappa shape index (κ1) is 22.3. The van der Waals surface area contributed by atoms with Gasteiger partial charge in [0.1, 0.15) is 5.82 Å². The van der Waals surface area contributed by atoms with Crippen molar-refractivity contribution in [3.8, 4) is 45.3 Å². The van der Waals surface area contributed by atoms with Gasteiger partial charge >= 0.3 is 0 Å². The molecule has 0 aliphatic rings. The van der Waals surface area contributed by atoms with E-state index in [9.17, 15) is 0 Å². The highest BCUT2D eigenvalue weighted by molar-refractivity contribution is 5.82. The van der Waals surface area contributed by atoms with E-state index in [-0.39, 0.29) is 0 Å². The fourth-order valence-corrected chi connectivity index (χ4v) is 4.80. The molecule has 0 atom stereocenters. The number of nitrogens with zero attached hydrogens (tertiary/aromatic N) is 4. The molecule has 2 heterocycles. The maximum absolute atomic E-state index is 7.59. The fraction of sp³-hybridized carbons (Fsp3) is 0.0303. The number of hydrogen-bond donors (Lipinski definition) is 0. The molecule has 4 aromatic carbocycles. The van der Waals surface area contributed by atoms with Crippen molar-refractivity contribution < 1.29 is 0 Å². The molecule has 6 aromatic rings. The van der Waals surface area contributed by atoms with Gasteiger partial charge in [0.15, 0.2) is 5.69 Å². The van der Waals surface area contributed by atoms with Crippen LogP contribution in [0.5, 0.6) is 0 Å². The largest absolute Gasteiger partial charge is 0.307 e. The van der Waals surface area contributed by atoms with Crippen LogP contribution in [0.4, 0.5) is 5.69 Å². The number of hydrogen-bond acceptors (Lipinski definition) is 1. The van der Waals surface area contributed by atoms with Gasteiger partial charge in [-0.3, -0.25) is 4.57 Å². The first-order valence-electron chi connectivity index (χ1n) is 12.2. The maximum atomic E-state index is 7.59. The van der Waals surface area contributed by atoms with Crippen LogP contribution in [0.25, 0.3) is 50.1 Å². The lowest BCUT2D eigenvalue weighted by Crippen LogP contribution is -2.02. The molecule has 0 fully saturated rings. The van der Waals surface area contributed by atoms with E-state index >= 15 is 0 Å². The monoisotopic (exact) mass is 476 g/mol. The van der Waals surface area contributed by atoms with Crippen LogP contribution in [0.2, 0.25) is 0 Å². The third kappa shape index (κ3) is 4.03. The molecular weight excluding hydrogens is 452 g/mol. The van der Waals surface area contributed by atoms with Crippen molar-refractivity contribution in [3.63, 3.8) is 0 Å². The lowest BCUT2D eigenvalue weighted by Gasteiger charge is -2.16. The second-order valence-corrected chi connectivity index (χ2v) is 8.90. The number of aryl methyl sites for hydroxylation is 1. The maximum Gasteiger partial charge on any atom is 0.190 e. The molecule has 0 amide bonds. The Morgan fingerprint density at radius 2 is 1.35 bits per heavy atom. The van der Waals surface area contributed by atoms with Crippen LogP contribution in [0.3, 0.4) is 0 Å². The Hall–Kier alpha value is -5.14. The van der Waals surface area contributed by atoms with Crippen LogP contribution in [0, 0.1) is 13.5 Å². The average Bonchev–Trinajstić information content (AvgIpc) is 3.60. The van der Waals surface area contributed by atoms with Gasteiger partial charge in [-0.25, -0.2) is 9.83 Å². The van der Waals surface area contributed by atoms with Crippen molar-refractivity contribution in [2.45, 2.75) is 6.92 Å². The van der Waals surface area contributed by atoms with E-state index in [1.165, 1.54) is 0 Å². The Morgan fingerprint density at radius 3 is 2.03 bits per heavy atom. The van der Waals surface area contributed by atoms with Gasteiger partial charge < -0.3 is 4.57 Å². The van der Waals surface area contributed by atoms with Gasteiger partial charge in [-0.15, -0.1) is 0 Å². The smallest absolute Gasteiger partial charge is 0.190 e. The minimum atomic E-state index is 0.641. The zero-order valence-corrected chi connectivity index (χ0v) is 20.4. The van der Waals surface area contributed by atoms with Gasteiger partial charge in [-0.1, -0.05) is 91.0 Å². The molecule has 176 valence electrons. The number of aromatic nitrogens is 3. The molecule has 0 spiro atoms. The van der Waals surface area contributed by atoms with E-state index in [0.717, 1.165) is 50.8 Å². The molecule has 0 bridgehead atoms. The van der Waals surface area contributed by atoms with Gasteiger partial charge in [0, 0.05) is 29.2 Å². The lowest BCUT2D eigenvalue weighted by atomic mass is 10.1. The summed E-state index contributed by atoms with van der Waals surface area (Å²) >= 11 is 0. The van der Waals surface area contributed by atoms with E-state index in [1.807, 2.05) is 55.7 Å². The van der Waals surface area contributed by atoms with Crippen molar-refractivity contribution in [2.75, 3.05) is 0 Å². The summed E-state index contributed by atoms with van der Waals surface area (Å²) in [6.45, 7) is 9.55. The lowest BCUT2D eigenvalue weighted by molar-refractivity contribution is 1.04. The highest BCUT2D eigenvalue weighted by Crippen LogP contribution is 2.39. The Bertz CT molecular complexity index is 1720. The highest BCUT2D eigenvalue weighted by Gasteiger charge is 2.22. The van der Waals surface area contributed by atoms with E-state index in [0.29, 0.717) is 5.69 Å². The van der Waals surface area contributed by atoms with Crippen molar-refractivity contribution in [2.24, 2.45) is 0 Å². The van der Waals surface area contributed by atoms with Gasteiger partial charge in [0.2, 0.25) is 0 Å². The minimum Gasteiger partial charge on any atom is -0.307 e. The molecule has 0 N–H and O–H groups in total. The molecule has 0 radical (unpaired) electrons. The van der Waals surface area contributed by atoms with Crippen LogP contribution in [-0.2, 0) is 0 Å². The molecule has 37 heavy (non-hydrogen) atoms. The van der Waals surface area contributed by atoms with E-state index in [2.05, 4.69) is 92.8 Å². The Morgan fingerprint density at radius 1 is 0.703 bits per heavy atom. The summed E-state index contributed by atoms with van der Waals surface area (Å²) < 4.78 is 4.45. The summed E-state index contributed by atoms with van der Waals surface area (Å²) in [6.07, 6.45) is 3.82. The molecule has 2 aromatic heterocycles. The van der Waals surface area contributed by atoms with Crippen molar-refractivity contribution in [1.29, 1.82) is 0 Å². The summed E-state index contributed by atoms with van der Waals surface area (Å²) in [5.74, 6) is 0.798. The van der Waals surface area contributed by atoms with Gasteiger partial charge in [0.25, 0.3) is 0 Å². The molecule has 0 saturated heterocycles. The van der Waals surface area contributed by atoms with Crippen LogP contribution in [0.1, 0.15) is 5.56 Å². The van der Waals surface area contributed by atoms with Crippen molar-refractivity contribution in [3.05, 3.63) is 145 Å². The number of rotatable bonds is 5. The molecule has 0 saturated carbocycles. The summed E-state index contributed by atoms with van der Waals surface area (Å²) in [7, 11) is 0. The average molecular weight is 477 g/mol. The first-order chi connectivity index (χ1) is 18.2. The molecule has 4 nitrogen and oxygen atoms in total. The van der Waals surface area contributed by atoms with Crippen molar-refractivity contribution >= 4 is 5.69 Å². The third-order valence-electron chi connectivity index (χ3n) is 6.60. The Balaban J connectivity index is 1.68. The second-order valence-electron chi connectivity index (χ2n) is 8.90. The summed E-state index contributed by atoms with van der Waals surface area (Å²) in [5.41, 5.74) is 9.01. The zero-order chi connectivity index (χ0) is 25.2. The quantitative estimate of drug-likeness (QED) is 0.229. The molecular formula is C33H24N4. The van der Waals surface area contributed by atoms with Crippen LogP contribution in [0.15, 0.2) is 128 Å². The summed E-state index contributed by atoms with van der Waals surface area (Å²) in [5, 5.41) is 0. The Kier molecular flexibility index (Phi) is 5.72. The van der Waals surface area contributed by atoms with Gasteiger partial charge in [0.05, 0.1) is 23.6 Å². The molecule has 0 aliphatic carbocycles. The molecule has 0 aliphatic heterocycles. The minimum absolute atomic E-state index is 0.641. The predicted molar refractivity (Wildman–Crippen MR) is 150 cm³/mol. The van der Waals surface area contributed by atoms with Gasteiger partial charge in [-0.05, 0) is 42.3 Å². The first-order valence-corrected chi connectivity index (χ1v) is 12.2. The van der Waals surface area contributed by atoms with E-state index in [1.54, 1.807) is 0 Å². The SMILES string of the molecule is [C-]#[N+]c1cc(-c2nccn2-c2cc(-c3ccccc3)n(-c3ccccc3)c2-c2ccccc2)ccc1C. The van der Waals surface area contributed by atoms with Crippen LogP contribution >= 0.6 is 0 Å². The zero-order valence-electron chi connectivity index (χ0n) is 20.4. The fourth-order valence-electron chi connectivity index (χ4n) is 4.80. The summed E-state index contributed by atoms with van der Waals surface area (Å²) in [4.78, 5) is 8.45. The standard InChI is InChI=1S/C33H24N4/c1-24-18-19-27(22-29(24)34-2)33-35-20-21-36(33)31-23-30(25-12-6-3-7-13-25)37(28-16-10-5-11-17-28)32(31)26-14-8-4-9-15-26/h3-23H,1H3. The number of para-hydroxylation sites is 1. The van der Waals surface area contributed by atoms with E-state index < -0.39 is 0 Å². The third-order valence-corrected chi connectivity index (χ3v) is 6.60. The predicted octanol–water partition coefficient (Wildman–Crippen LogP) is 8.52. The second kappa shape index (κ2) is 9.49. The summed E-state index contributed by atoms with van der Waals surface area (Å²) in [6, 6.07) is 39.6. The number of benzene rings is 4.